The molecular formula is C22H18N4O5. The fourth-order valence-corrected chi connectivity index (χ4v) is 5.01. The van der Waals surface area contributed by atoms with Crippen molar-refractivity contribution in [3.63, 3.8) is 0 Å². The van der Waals surface area contributed by atoms with E-state index in [1.807, 2.05) is 24.3 Å². The minimum absolute atomic E-state index is 0.181. The van der Waals surface area contributed by atoms with Gasteiger partial charge < -0.3 is 0 Å². The molecule has 9 nitrogen and oxygen atoms in total. The van der Waals surface area contributed by atoms with Crippen molar-refractivity contribution in [3.8, 4) is 0 Å². The van der Waals surface area contributed by atoms with Crippen LogP contribution < -0.4 is 4.90 Å². The Balaban J connectivity index is 1.66. The van der Waals surface area contributed by atoms with Crippen molar-refractivity contribution in [1.82, 2.24) is 5.01 Å². The molecule has 4 atom stereocenters. The molecule has 2 saturated heterocycles. The molecule has 0 radical (unpaired) electrons. The van der Waals surface area contributed by atoms with Crippen LogP contribution in [0.1, 0.15) is 29.7 Å². The molecular weight excluding hydrogens is 400 g/mol. The Bertz CT molecular complexity index is 1210. The van der Waals surface area contributed by atoms with E-state index in [2.05, 4.69) is 5.10 Å². The minimum Gasteiger partial charge on any atom is -0.298 e. The Morgan fingerprint density at radius 3 is 2.52 bits per heavy atom. The number of ketones is 1. The zero-order valence-corrected chi connectivity index (χ0v) is 16.8. The van der Waals surface area contributed by atoms with Gasteiger partial charge in [-0.3, -0.25) is 29.5 Å². The molecule has 5 rings (SSSR count). The van der Waals surface area contributed by atoms with Gasteiger partial charge in [0.05, 0.1) is 34.7 Å². The monoisotopic (exact) mass is 418 g/mol. The third-order valence-corrected chi connectivity index (χ3v) is 6.35. The average molecular weight is 418 g/mol. The second-order valence-electron chi connectivity index (χ2n) is 8.05. The van der Waals surface area contributed by atoms with E-state index in [1.165, 1.54) is 25.1 Å². The van der Waals surface area contributed by atoms with Crippen molar-refractivity contribution >= 4 is 35.2 Å². The number of carbonyl (C=O) groups excluding carboxylic acids is 3. The molecule has 3 aliphatic rings. The number of amides is 2. The van der Waals surface area contributed by atoms with Crippen LogP contribution >= 0.6 is 0 Å². The summed E-state index contributed by atoms with van der Waals surface area (Å²) in [5, 5.41) is 17.2. The summed E-state index contributed by atoms with van der Waals surface area (Å²) in [5.41, 5.74) is 2.19. The highest BCUT2D eigenvalue weighted by molar-refractivity contribution is 6.24. The maximum atomic E-state index is 13.6. The number of benzene rings is 2. The molecule has 31 heavy (non-hydrogen) atoms. The fourth-order valence-electron chi connectivity index (χ4n) is 5.01. The second-order valence-corrected chi connectivity index (χ2v) is 8.05. The third kappa shape index (κ3) is 2.56. The first-order valence-electron chi connectivity index (χ1n) is 9.86. The minimum atomic E-state index is -0.906. The Morgan fingerprint density at radius 2 is 1.81 bits per heavy atom. The number of aryl methyl sites for hydroxylation is 1. The van der Waals surface area contributed by atoms with Crippen molar-refractivity contribution in [2.75, 3.05) is 4.90 Å². The number of hydrazone groups is 1. The standard InChI is InChI=1S/C22H18N4O5/c1-11-7-8-14(26(30)31)9-16(11)24-21(28)17-18(22(24)29)20-15-6-4-3-5-13(15)10-23-25(20)19(17)12(2)27/h3-10,17-20H,1-2H3/t17-,18-,19-,20+/m1/s1. The Kier molecular flexibility index (Phi) is 4.04. The van der Waals surface area contributed by atoms with Gasteiger partial charge in [0.1, 0.15) is 6.04 Å². The molecule has 2 aromatic carbocycles. The van der Waals surface area contributed by atoms with Gasteiger partial charge in [0.15, 0.2) is 5.78 Å². The SMILES string of the molecule is CC(=O)[C@@H]1[C@@H]2C(=O)N(c3cc([N+](=O)[O-])ccc3C)C(=O)[C@H]2[C@@H]2c3ccccc3C=NN12. The molecule has 0 aliphatic carbocycles. The summed E-state index contributed by atoms with van der Waals surface area (Å²) in [6.45, 7) is 3.07. The lowest BCUT2D eigenvalue weighted by molar-refractivity contribution is -0.384. The highest BCUT2D eigenvalue weighted by atomic mass is 16.6. The lowest BCUT2D eigenvalue weighted by atomic mass is 9.84. The molecule has 3 heterocycles. The summed E-state index contributed by atoms with van der Waals surface area (Å²) in [4.78, 5) is 51.4. The van der Waals surface area contributed by atoms with Crippen LogP contribution in [0, 0.1) is 28.9 Å². The van der Waals surface area contributed by atoms with Crippen LogP contribution in [0.3, 0.4) is 0 Å². The normalized spacial score (nSPS) is 26.0. The quantitative estimate of drug-likeness (QED) is 0.430. The fraction of sp³-hybridized carbons (Fsp3) is 0.273. The van der Waals surface area contributed by atoms with Gasteiger partial charge in [0.25, 0.3) is 5.69 Å². The number of fused-ring (bicyclic) bond motifs is 5. The number of nitro groups is 1. The zero-order valence-electron chi connectivity index (χ0n) is 16.8. The van der Waals surface area contributed by atoms with E-state index in [0.29, 0.717) is 5.56 Å². The predicted molar refractivity (Wildman–Crippen MR) is 110 cm³/mol. The predicted octanol–water partition coefficient (Wildman–Crippen LogP) is 2.37. The lowest BCUT2D eigenvalue weighted by Gasteiger charge is -2.33. The number of nitrogens with zero attached hydrogens (tertiary/aromatic N) is 4. The van der Waals surface area contributed by atoms with Gasteiger partial charge >= 0.3 is 0 Å². The first-order valence-corrected chi connectivity index (χ1v) is 9.86. The van der Waals surface area contributed by atoms with Crippen LogP contribution in [-0.4, -0.2) is 39.8 Å². The van der Waals surface area contributed by atoms with Crippen LogP contribution in [0.15, 0.2) is 47.6 Å². The number of non-ortho nitro benzene ring substituents is 1. The van der Waals surface area contributed by atoms with Crippen LogP contribution in [0.2, 0.25) is 0 Å². The average Bonchev–Trinajstić information content (AvgIpc) is 3.21. The molecule has 3 aliphatic heterocycles. The van der Waals surface area contributed by atoms with Crippen LogP contribution in [0.25, 0.3) is 0 Å². The van der Waals surface area contributed by atoms with E-state index in [1.54, 1.807) is 18.1 Å². The number of carbonyl (C=O) groups is 3. The number of imide groups is 1. The molecule has 2 fully saturated rings. The van der Waals surface area contributed by atoms with Gasteiger partial charge in [-0.05, 0) is 30.5 Å². The highest BCUT2D eigenvalue weighted by Crippen LogP contribution is 2.53. The first kappa shape index (κ1) is 19.1. The Morgan fingerprint density at radius 1 is 1.10 bits per heavy atom. The van der Waals surface area contributed by atoms with Gasteiger partial charge in [0.2, 0.25) is 11.8 Å². The second kappa shape index (κ2) is 6.56. The number of rotatable bonds is 3. The largest absolute Gasteiger partial charge is 0.298 e. The van der Waals surface area contributed by atoms with Crippen molar-refractivity contribution in [1.29, 1.82) is 0 Å². The smallest absolute Gasteiger partial charge is 0.271 e. The number of nitro benzene ring substituents is 1. The molecule has 156 valence electrons. The highest BCUT2D eigenvalue weighted by Gasteiger charge is 2.64. The van der Waals surface area contributed by atoms with E-state index in [9.17, 15) is 24.5 Å². The summed E-state index contributed by atoms with van der Waals surface area (Å²) in [6.07, 6.45) is 1.64. The molecule has 0 unspecified atom stereocenters. The van der Waals surface area contributed by atoms with Crippen molar-refractivity contribution in [2.24, 2.45) is 16.9 Å². The number of anilines is 1. The number of hydrogen-bond acceptors (Lipinski definition) is 7. The molecule has 0 N–H and O–H groups in total. The van der Waals surface area contributed by atoms with Crippen molar-refractivity contribution in [3.05, 3.63) is 69.3 Å². The molecule has 0 saturated carbocycles. The molecule has 0 aromatic heterocycles. The summed E-state index contributed by atoms with van der Waals surface area (Å²) in [6, 6.07) is 10.1. The molecule has 2 amide bonds. The van der Waals surface area contributed by atoms with Crippen LogP contribution in [0.4, 0.5) is 11.4 Å². The van der Waals surface area contributed by atoms with Gasteiger partial charge in [-0.2, -0.15) is 5.10 Å². The maximum absolute atomic E-state index is 13.6. The molecule has 9 heteroatoms. The van der Waals surface area contributed by atoms with Gasteiger partial charge in [-0.25, -0.2) is 4.90 Å². The molecule has 0 spiro atoms. The van der Waals surface area contributed by atoms with E-state index in [4.69, 9.17) is 0 Å². The summed E-state index contributed by atoms with van der Waals surface area (Å²) in [7, 11) is 0. The number of hydrogen-bond donors (Lipinski definition) is 0. The van der Waals surface area contributed by atoms with Crippen molar-refractivity contribution in [2.45, 2.75) is 25.9 Å². The van der Waals surface area contributed by atoms with E-state index < -0.39 is 40.7 Å². The molecule has 2 aromatic rings. The Hall–Kier alpha value is -3.88. The lowest BCUT2D eigenvalue weighted by Crippen LogP contribution is -2.44. The molecule has 0 bridgehead atoms. The summed E-state index contributed by atoms with van der Waals surface area (Å²) < 4.78 is 0. The topological polar surface area (TPSA) is 113 Å². The maximum Gasteiger partial charge on any atom is 0.271 e. The first-order chi connectivity index (χ1) is 14.8. The van der Waals surface area contributed by atoms with E-state index in [-0.39, 0.29) is 17.2 Å². The van der Waals surface area contributed by atoms with Crippen molar-refractivity contribution < 1.29 is 19.3 Å². The van der Waals surface area contributed by atoms with E-state index in [0.717, 1.165) is 16.0 Å². The van der Waals surface area contributed by atoms with Gasteiger partial charge in [0, 0.05) is 12.1 Å². The summed E-state index contributed by atoms with van der Waals surface area (Å²) in [5.74, 6) is -2.96. The van der Waals surface area contributed by atoms with Gasteiger partial charge in [-0.1, -0.05) is 30.3 Å². The Labute approximate surface area is 177 Å². The number of Topliss-reactive ketones (excluding diaryl/α,β-unsaturated/α-hetero) is 1. The zero-order chi connectivity index (χ0) is 22.0. The van der Waals surface area contributed by atoms with Crippen LogP contribution in [0.5, 0.6) is 0 Å². The van der Waals surface area contributed by atoms with Crippen LogP contribution in [-0.2, 0) is 14.4 Å². The van der Waals surface area contributed by atoms with E-state index >= 15 is 0 Å². The summed E-state index contributed by atoms with van der Waals surface area (Å²) >= 11 is 0. The third-order valence-electron chi connectivity index (χ3n) is 6.35. The van der Waals surface area contributed by atoms with Gasteiger partial charge in [-0.15, -0.1) is 0 Å².